The Morgan fingerprint density at radius 1 is 1.38 bits per heavy atom. The molecule has 5 nitrogen and oxygen atoms in total. The van der Waals surface area contributed by atoms with E-state index in [2.05, 4.69) is 6.58 Å². The first kappa shape index (κ1) is 14.9. The molecule has 1 spiro atoms. The normalized spacial score (nSPS) is 57.5. The molecule has 0 aromatic rings. The molecule has 0 radical (unpaired) electrons. The maximum atomic E-state index is 12.7. The molecule has 7 atom stereocenters. The van der Waals surface area contributed by atoms with Gasteiger partial charge >= 0.3 is 5.97 Å². The molecule has 1 heterocycles. The van der Waals surface area contributed by atoms with Crippen LogP contribution in [0.25, 0.3) is 0 Å². The number of fused-ring (bicyclic) bond motifs is 1. The predicted octanol–water partition coefficient (Wildman–Crippen LogP) is 0.946. The maximum Gasteiger partial charge on any atom is 0.312 e. The lowest BCUT2D eigenvalue weighted by molar-refractivity contribution is -0.318. The van der Waals surface area contributed by atoms with Crippen molar-refractivity contribution in [1.29, 1.82) is 0 Å². The molecular weight excluding hydrogens is 308 g/mol. The molecule has 24 heavy (non-hydrogen) atoms. The van der Waals surface area contributed by atoms with Gasteiger partial charge in [0.05, 0.1) is 11.0 Å². The summed E-state index contributed by atoms with van der Waals surface area (Å²) in [5.74, 6) is -2.41. The van der Waals surface area contributed by atoms with Gasteiger partial charge in [0.25, 0.3) is 0 Å². The smallest absolute Gasteiger partial charge is 0.312 e. The van der Waals surface area contributed by atoms with Crippen LogP contribution in [0.15, 0.2) is 12.2 Å². The van der Waals surface area contributed by atoms with Gasteiger partial charge in [-0.3, -0.25) is 4.79 Å². The van der Waals surface area contributed by atoms with E-state index in [0.717, 1.165) is 18.4 Å². The highest BCUT2D eigenvalue weighted by Gasteiger charge is 2.81. The highest BCUT2D eigenvalue weighted by molar-refractivity contribution is 5.84. The van der Waals surface area contributed by atoms with Crippen LogP contribution in [0.2, 0.25) is 0 Å². The summed E-state index contributed by atoms with van der Waals surface area (Å²) >= 11 is 0. The molecule has 0 aromatic heterocycles. The highest BCUT2D eigenvalue weighted by Crippen LogP contribution is 2.78. The SMILES string of the molecule is C=C1C[C@]23C[C@@]1(O)CC[C@H]2[C@@]12CCC[C@@](C)(C(=O)O1)[C@H]2[C@@H]3C(=O)[O-]. The molecule has 0 aromatic carbocycles. The molecule has 4 aliphatic carbocycles. The van der Waals surface area contributed by atoms with E-state index in [9.17, 15) is 19.8 Å². The number of rotatable bonds is 1. The van der Waals surface area contributed by atoms with Crippen LogP contribution >= 0.6 is 0 Å². The van der Waals surface area contributed by atoms with Gasteiger partial charge in [-0.15, -0.1) is 0 Å². The summed E-state index contributed by atoms with van der Waals surface area (Å²) in [7, 11) is 0. The quantitative estimate of drug-likeness (QED) is 0.571. The van der Waals surface area contributed by atoms with Crippen LogP contribution in [0.4, 0.5) is 0 Å². The van der Waals surface area contributed by atoms with E-state index in [1.165, 1.54) is 0 Å². The Bertz CT molecular complexity index is 700. The molecule has 4 bridgehead atoms. The summed E-state index contributed by atoms with van der Waals surface area (Å²) in [6.07, 6.45) is 4.51. The van der Waals surface area contributed by atoms with Crippen molar-refractivity contribution in [3.05, 3.63) is 12.2 Å². The first-order chi connectivity index (χ1) is 11.2. The van der Waals surface area contributed by atoms with Crippen molar-refractivity contribution in [1.82, 2.24) is 0 Å². The van der Waals surface area contributed by atoms with Crippen molar-refractivity contribution in [2.75, 3.05) is 0 Å². The first-order valence-electron chi connectivity index (χ1n) is 9.05. The number of hydrogen-bond acceptors (Lipinski definition) is 5. The summed E-state index contributed by atoms with van der Waals surface area (Å²) in [6.45, 7) is 5.93. The Morgan fingerprint density at radius 3 is 2.83 bits per heavy atom. The number of carbonyl (C=O) groups is 2. The lowest BCUT2D eigenvalue weighted by atomic mass is 9.60. The van der Waals surface area contributed by atoms with Crippen LogP contribution in [0, 0.1) is 28.6 Å². The molecule has 1 aliphatic heterocycles. The van der Waals surface area contributed by atoms with Gasteiger partial charge in [-0.25, -0.2) is 0 Å². The van der Waals surface area contributed by atoms with Crippen LogP contribution in [0.1, 0.15) is 51.9 Å². The zero-order valence-electron chi connectivity index (χ0n) is 14.0. The molecule has 130 valence electrons. The number of carbonyl (C=O) groups excluding carboxylic acids is 2. The van der Waals surface area contributed by atoms with Crippen LogP contribution in [-0.2, 0) is 14.3 Å². The molecule has 5 heteroatoms. The lowest BCUT2D eigenvalue weighted by Crippen LogP contribution is -2.50. The second-order valence-electron chi connectivity index (χ2n) is 9.20. The number of aliphatic carboxylic acids is 1. The summed E-state index contributed by atoms with van der Waals surface area (Å²) in [5.41, 5.74) is -2.20. The van der Waals surface area contributed by atoms with Gasteiger partial charge in [0.2, 0.25) is 0 Å². The van der Waals surface area contributed by atoms with Crippen LogP contribution in [-0.4, -0.2) is 28.2 Å². The molecule has 1 saturated heterocycles. The van der Waals surface area contributed by atoms with Gasteiger partial charge in [0, 0.05) is 23.7 Å². The number of ether oxygens (including phenoxy) is 1. The standard InChI is InChI=1S/C19H24O5/c1-10-8-17-9-18(10,23)7-4-11(17)19-6-3-5-16(2,15(22)24-19)13(19)12(17)14(20)21/h11-13,23H,1,3-9H2,2H3,(H,20,21)/p-1/t11-,12-,13-,16-,17+,18+,19-/m1/s1. The van der Waals surface area contributed by atoms with E-state index in [0.29, 0.717) is 32.1 Å². The van der Waals surface area contributed by atoms with E-state index in [1.54, 1.807) is 0 Å². The summed E-state index contributed by atoms with van der Waals surface area (Å²) in [5, 5.41) is 23.2. The molecule has 4 saturated carbocycles. The average molecular weight is 331 g/mol. The summed E-state index contributed by atoms with van der Waals surface area (Å²) < 4.78 is 6.02. The van der Waals surface area contributed by atoms with E-state index in [-0.39, 0.29) is 17.8 Å². The second kappa shape index (κ2) is 3.90. The molecule has 5 rings (SSSR count). The molecule has 1 N–H and O–H groups in total. The second-order valence-corrected chi connectivity index (χ2v) is 9.20. The minimum atomic E-state index is -1.09. The van der Waals surface area contributed by atoms with Crippen molar-refractivity contribution in [2.24, 2.45) is 28.6 Å². The topological polar surface area (TPSA) is 86.7 Å². The lowest BCUT2D eigenvalue weighted by Gasteiger charge is -2.45. The van der Waals surface area contributed by atoms with Gasteiger partial charge in [-0.1, -0.05) is 6.58 Å². The van der Waals surface area contributed by atoms with E-state index in [1.807, 2.05) is 6.92 Å². The van der Waals surface area contributed by atoms with Crippen molar-refractivity contribution >= 4 is 11.9 Å². The Balaban J connectivity index is 1.75. The van der Waals surface area contributed by atoms with Crippen molar-refractivity contribution in [3.63, 3.8) is 0 Å². The molecule has 5 aliphatic rings. The third-order valence-corrected chi connectivity index (χ3v) is 8.38. The monoisotopic (exact) mass is 331 g/mol. The van der Waals surface area contributed by atoms with Gasteiger partial charge < -0.3 is 19.7 Å². The van der Waals surface area contributed by atoms with Crippen LogP contribution in [0.3, 0.4) is 0 Å². The fourth-order valence-corrected chi connectivity index (χ4v) is 7.67. The zero-order chi connectivity index (χ0) is 17.1. The summed E-state index contributed by atoms with van der Waals surface area (Å²) in [4.78, 5) is 24.9. The number of carboxylic acid groups (broad SMARTS) is 1. The highest BCUT2D eigenvalue weighted by atomic mass is 16.6. The van der Waals surface area contributed by atoms with Crippen molar-refractivity contribution in [2.45, 2.75) is 63.1 Å². The van der Waals surface area contributed by atoms with Gasteiger partial charge in [-0.05, 0) is 62.9 Å². The van der Waals surface area contributed by atoms with E-state index < -0.39 is 33.9 Å². The predicted molar refractivity (Wildman–Crippen MR) is 81.2 cm³/mol. The van der Waals surface area contributed by atoms with Crippen molar-refractivity contribution < 1.29 is 24.5 Å². The summed E-state index contributed by atoms with van der Waals surface area (Å²) in [6, 6.07) is 0. The Morgan fingerprint density at radius 2 is 2.12 bits per heavy atom. The third kappa shape index (κ3) is 1.29. The molecule has 5 fully saturated rings. The Hall–Kier alpha value is -1.36. The van der Waals surface area contributed by atoms with Crippen LogP contribution < -0.4 is 5.11 Å². The van der Waals surface area contributed by atoms with E-state index in [4.69, 9.17) is 4.74 Å². The maximum absolute atomic E-state index is 12.7. The minimum absolute atomic E-state index is 0.0106. The third-order valence-electron chi connectivity index (χ3n) is 8.38. The number of hydrogen-bond donors (Lipinski definition) is 1. The largest absolute Gasteiger partial charge is 0.550 e. The molecular formula is C19H23O5-. The Labute approximate surface area is 141 Å². The minimum Gasteiger partial charge on any atom is -0.550 e. The number of esters is 1. The average Bonchev–Trinajstić information content (AvgIpc) is 2.88. The number of aliphatic hydroxyl groups is 1. The molecule has 0 amide bonds. The fourth-order valence-electron chi connectivity index (χ4n) is 7.67. The van der Waals surface area contributed by atoms with E-state index >= 15 is 0 Å². The van der Waals surface area contributed by atoms with Gasteiger partial charge in [0.15, 0.2) is 0 Å². The van der Waals surface area contributed by atoms with Crippen molar-refractivity contribution in [3.8, 4) is 0 Å². The fraction of sp³-hybridized carbons (Fsp3) is 0.789. The molecule has 0 unspecified atom stereocenters. The van der Waals surface area contributed by atoms with Crippen LogP contribution in [0.5, 0.6) is 0 Å². The van der Waals surface area contributed by atoms with Gasteiger partial charge in [-0.2, -0.15) is 0 Å². The van der Waals surface area contributed by atoms with Gasteiger partial charge in [0.1, 0.15) is 5.60 Å². The Kier molecular flexibility index (Phi) is 2.43. The number of carboxylic acids is 1. The first-order valence-corrected chi connectivity index (χ1v) is 9.05. The zero-order valence-corrected chi connectivity index (χ0v) is 14.0.